The van der Waals surface area contributed by atoms with Crippen LogP contribution in [0.4, 0.5) is 0 Å². The second kappa shape index (κ2) is 8.01. The highest BCUT2D eigenvalue weighted by molar-refractivity contribution is 5.93. The van der Waals surface area contributed by atoms with E-state index >= 15 is 0 Å². The minimum absolute atomic E-state index is 0.289. The van der Waals surface area contributed by atoms with Gasteiger partial charge in [0.1, 0.15) is 11.5 Å². The first-order chi connectivity index (χ1) is 10.7. The predicted molar refractivity (Wildman–Crippen MR) is 87.4 cm³/mol. The van der Waals surface area contributed by atoms with E-state index in [0.29, 0.717) is 13.2 Å². The quantitative estimate of drug-likeness (QED) is 0.679. The normalized spacial score (nSPS) is 13.8. The summed E-state index contributed by atoms with van der Waals surface area (Å²) in [5.41, 5.74) is 0. The van der Waals surface area contributed by atoms with Crippen molar-refractivity contribution in [3.05, 3.63) is 36.4 Å². The Balaban J connectivity index is 2.29. The molecule has 0 radical (unpaired) electrons. The maximum Gasteiger partial charge on any atom is 0.196 e. The van der Waals surface area contributed by atoms with Crippen LogP contribution < -0.4 is 9.47 Å². The average molecular weight is 304 g/mol. The molecule has 2 aromatic rings. The highest BCUT2D eigenvalue weighted by Gasteiger charge is 2.11. The first-order valence-corrected chi connectivity index (χ1v) is 7.74. The van der Waals surface area contributed by atoms with E-state index in [4.69, 9.17) is 18.9 Å². The molecule has 0 fully saturated rings. The third-order valence-electron chi connectivity index (χ3n) is 3.23. The van der Waals surface area contributed by atoms with Crippen molar-refractivity contribution in [3.8, 4) is 11.5 Å². The van der Waals surface area contributed by atoms with E-state index in [1.54, 1.807) is 0 Å². The Kier molecular flexibility index (Phi) is 6.04. The minimum atomic E-state index is -0.289. The molecule has 120 valence electrons. The molecule has 4 nitrogen and oxygen atoms in total. The van der Waals surface area contributed by atoms with Crippen LogP contribution >= 0.6 is 0 Å². The second-order valence-corrected chi connectivity index (χ2v) is 4.89. The van der Waals surface area contributed by atoms with Gasteiger partial charge in [-0.2, -0.15) is 0 Å². The van der Waals surface area contributed by atoms with Crippen molar-refractivity contribution in [1.29, 1.82) is 0 Å². The molecule has 0 bridgehead atoms. The molecule has 2 unspecified atom stereocenters. The zero-order valence-corrected chi connectivity index (χ0v) is 13.7. The van der Waals surface area contributed by atoms with Gasteiger partial charge in [0.05, 0.1) is 0 Å². The summed E-state index contributed by atoms with van der Waals surface area (Å²) in [5.74, 6) is 1.57. The molecule has 0 saturated carbocycles. The van der Waals surface area contributed by atoms with Crippen molar-refractivity contribution < 1.29 is 18.9 Å². The maximum atomic E-state index is 5.87. The van der Waals surface area contributed by atoms with E-state index in [1.807, 2.05) is 64.1 Å². The SMILES string of the molecule is CCOC(C)Oc1cccc2c(OC(C)OCC)cccc12. The van der Waals surface area contributed by atoms with E-state index in [0.717, 1.165) is 22.3 Å². The first-order valence-electron chi connectivity index (χ1n) is 7.74. The highest BCUT2D eigenvalue weighted by Crippen LogP contribution is 2.33. The van der Waals surface area contributed by atoms with Gasteiger partial charge in [0, 0.05) is 24.0 Å². The van der Waals surface area contributed by atoms with Crippen molar-refractivity contribution in [2.24, 2.45) is 0 Å². The number of ether oxygens (including phenoxy) is 4. The van der Waals surface area contributed by atoms with Crippen LogP contribution in [0.2, 0.25) is 0 Å². The Hall–Kier alpha value is -1.78. The van der Waals surface area contributed by atoms with Gasteiger partial charge >= 0.3 is 0 Å². The van der Waals surface area contributed by atoms with Crippen LogP contribution in [0.15, 0.2) is 36.4 Å². The van der Waals surface area contributed by atoms with E-state index in [2.05, 4.69) is 0 Å². The zero-order valence-electron chi connectivity index (χ0n) is 13.7. The predicted octanol–water partition coefficient (Wildman–Crippen LogP) is 4.36. The molecule has 22 heavy (non-hydrogen) atoms. The van der Waals surface area contributed by atoms with Crippen molar-refractivity contribution in [2.45, 2.75) is 40.3 Å². The van der Waals surface area contributed by atoms with E-state index in [-0.39, 0.29) is 12.6 Å². The summed E-state index contributed by atoms with van der Waals surface area (Å²) in [6.07, 6.45) is -0.579. The molecule has 4 heteroatoms. The van der Waals surface area contributed by atoms with Crippen LogP contribution in [0, 0.1) is 0 Å². The highest BCUT2D eigenvalue weighted by atomic mass is 16.7. The number of hydrogen-bond acceptors (Lipinski definition) is 4. The molecule has 0 amide bonds. The summed E-state index contributed by atoms with van der Waals surface area (Å²) < 4.78 is 22.6. The molecule has 2 atom stereocenters. The fraction of sp³-hybridized carbons (Fsp3) is 0.444. The monoisotopic (exact) mass is 304 g/mol. The number of rotatable bonds is 8. The lowest BCUT2D eigenvalue weighted by Crippen LogP contribution is -2.17. The van der Waals surface area contributed by atoms with Gasteiger partial charge < -0.3 is 18.9 Å². The molecular formula is C18H24O4. The fourth-order valence-electron chi connectivity index (χ4n) is 2.35. The fourth-order valence-corrected chi connectivity index (χ4v) is 2.35. The van der Waals surface area contributed by atoms with Crippen LogP contribution in [0.1, 0.15) is 27.7 Å². The lowest BCUT2D eigenvalue weighted by molar-refractivity contribution is -0.0615. The molecule has 0 saturated heterocycles. The maximum absolute atomic E-state index is 5.87. The summed E-state index contributed by atoms with van der Waals surface area (Å²) in [6, 6.07) is 11.8. The van der Waals surface area contributed by atoms with Gasteiger partial charge in [-0.05, 0) is 39.8 Å². The lowest BCUT2D eigenvalue weighted by atomic mass is 10.1. The van der Waals surface area contributed by atoms with Crippen LogP contribution in [0.25, 0.3) is 10.8 Å². The topological polar surface area (TPSA) is 36.9 Å². The van der Waals surface area contributed by atoms with Gasteiger partial charge in [0.15, 0.2) is 12.6 Å². The number of hydrogen-bond donors (Lipinski definition) is 0. The molecule has 0 aliphatic carbocycles. The molecule has 0 spiro atoms. The molecule has 0 aromatic heterocycles. The van der Waals surface area contributed by atoms with Crippen LogP contribution in [-0.4, -0.2) is 25.8 Å². The standard InChI is InChI=1S/C18H24O4/c1-5-19-13(3)21-17-11-7-10-16-15(17)9-8-12-18(16)22-14(4)20-6-2/h7-14H,5-6H2,1-4H3. The summed E-state index contributed by atoms with van der Waals surface area (Å²) in [5, 5.41) is 1.99. The van der Waals surface area contributed by atoms with Gasteiger partial charge in [0.2, 0.25) is 0 Å². The zero-order chi connectivity index (χ0) is 15.9. The van der Waals surface area contributed by atoms with Crippen molar-refractivity contribution in [3.63, 3.8) is 0 Å². The first kappa shape index (κ1) is 16.6. The van der Waals surface area contributed by atoms with Gasteiger partial charge in [-0.25, -0.2) is 0 Å². The summed E-state index contributed by atoms with van der Waals surface area (Å²) in [6.45, 7) is 8.91. The molecule has 2 rings (SSSR count). The van der Waals surface area contributed by atoms with E-state index < -0.39 is 0 Å². The van der Waals surface area contributed by atoms with Gasteiger partial charge in [-0.1, -0.05) is 24.3 Å². The minimum Gasteiger partial charge on any atom is -0.465 e. The van der Waals surface area contributed by atoms with Crippen LogP contribution in [0.3, 0.4) is 0 Å². The molecule has 0 N–H and O–H groups in total. The van der Waals surface area contributed by atoms with Crippen molar-refractivity contribution >= 4 is 10.8 Å². The lowest BCUT2D eigenvalue weighted by Gasteiger charge is -2.18. The number of fused-ring (bicyclic) bond motifs is 1. The van der Waals surface area contributed by atoms with Gasteiger partial charge in [-0.3, -0.25) is 0 Å². The Morgan fingerprint density at radius 1 is 0.727 bits per heavy atom. The van der Waals surface area contributed by atoms with E-state index in [9.17, 15) is 0 Å². The number of benzene rings is 2. The molecule has 2 aromatic carbocycles. The summed E-state index contributed by atoms with van der Waals surface area (Å²) in [4.78, 5) is 0. The third kappa shape index (κ3) is 4.12. The van der Waals surface area contributed by atoms with E-state index in [1.165, 1.54) is 0 Å². The summed E-state index contributed by atoms with van der Waals surface area (Å²) in [7, 11) is 0. The Morgan fingerprint density at radius 2 is 1.14 bits per heavy atom. The molecule has 0 heterocycles. The van der Waals surface area contributed by atoms with Crippen molar-refractivity contribution in [1.82, 2.24) is 0 Å². The largest absolute Gasteiger partial charge is 0.465 e. The van der Waals surface area contributed by atoms with Crippen molar-refractivity contribution in [2.75, 3.05) is 13.2 Å². The van der Waals surface area contributed by atoms with Crippen LogP contribution in [-0.2, 0) is 9.47 Å². The molecular weight excluding hydrogens is 280 g/mol. The Labute approximate surface area is 131 Å². The van der Waals surface area contributed by atoms with Gasteiger partial charge in [0.25, 0.3) is 0 Å². The average Bonchev–Trinajstić information content (AvgIpc) is 2.48. The second-order valence-electron chi connectivity index (χ2n) is 4.89. The van der Waals surface area contributed by atoms with Crippen LogP contribution in [0.5, 0.6) is 11.5 Å². The summed E-state index contributed by atoms with van der Waals surface area (Å²) >= 11 is 0. The smallest absolute Gasteiger partial charge is 0.196 e. The third-order valence-corrected chi connectivity index (χ3v) is 3.23. The Bertz CT molecular complexity index is 543. The Morgan fingerprint density at radius 3 is 1.50 bits per heavy atom. The molecule has 0 aliphatic heterocycles. The van der Waals surface area contributed by atoms with Gasteiger partial charge in [-0.15, -0.1) is 0 Å². The molecule has 0 aliphatic rings.